The first-order chi connectivity index (χ1) is 16.3. The second kappa shape index (κ2) is 13.9. The number of carbonyl (C=O) groups is 2. The molecule has 0 atom stereocenters. The van der Waals surface area contributed by atoms with Gasteiger partial charge in [-0.3, -0.25) is 9.59 Å². The van der Waals surface area contributed by atoms with E-state index in [-0.39, 0.29) is 23.1 Å². The fraction of sp³-hybridized carbons (Fsp3) is 0.407. The molecule has 2 aromatic rings. The molecule has 0 aliphatic carbocycles. The summed E-state index contributed by atoms with van der Waals surface area (Å²) in [4.78, 5) is 25.6. The van der Waals surface area contributed by atoms with Crippen LogP contribution in [0.1, 0.15) is 48.2 Å². The highest BCUT2D eigenvalue weighted by Gasteiger charge is 2.14. The first-order valence-corrected chi connectivity index (χ1v) is 11.6. The van der Waals surface area contributed by atoms with E-state index in [1.807, 2.05) is 45.3 Å². The van der Waals surface area contributed by atoms with Gasteiger partial charge in [-0.25, -0.2) is 0 Å². The Balaban J connectivity index is 1.86. The Kier molecular flexibility index (Phi) is 11.0. The van der Waals surface area contributed by atoms with E-state index in [9.17, 15) is 14.7 Å². The van der Waals surface area contributed by atoms with Crippen molar-refractivity contribution in [3.05, 3.63) is 65.4 Å². The van der Waals surface area contributed by atoms with E-state index >= 15 is 0 Å². The molecule has 1 N–H and O–H groups in total. The number of carbonyl (C=O) groups excluding carboxylic acids is 2. The van der Waals surface area contributed by atoms with E-state index in [0.717, 1.165) is 16.9 Å². The van der Waals surface area contributed by atoms with Crippen molar-refractivity contribution in [3.63, 3.8) is 0 Å². The van der Waals surface area contributed by atoms with Crippen molar-refractivity contribution in [2.24, 2.45) is 0 Å². The number of phenols is 1. The Labute approximate surface area is 201 Å². The fourth-order valence-corrected chi connectivity index (χ4v) is 3.23. The molecule has 0 saturated carbocycles. The van der Waals surface area contributed by atoms with Gasteiger partial charge in [0.15, 0.2) is 5.78 Å². The highest BCUT2D eigenvalue weighted by atomic mass is 16.5. The van der Waals surface area contributed by atoms with Crippen molar-refractivity contribution in [1.82, 2.24) is 4.90 Å². The largest absolute Gasteiger partial charge is 0.507 e. The molecule has 0 aromatic heterocycles. The number of phenolic OH excluding ortho intramolecular Hbond substituents is 1. The van der Waals surface area contributed by atoms with E-state index in [1.54, 1.807) is 24.1 Å². The van der Waals surface area contributed by atoms with Crippen LogP contribution in [0.15, 0.2) is 48.7 Å². The first kappa shape index (κ1) is 26.8. The van der Waals surface area contributed by atoms with Crippen molar-refractivity contribution in [1.29, 1.82) is 0 Å². The standard InChI is InChI=1S/C27H35NO6/c1-5-21-18-23(24(29)13-14-28(3)4)25(30)19-26(21)34-16-8-15-33-22-10-7-9-20(17-22)11-12-27(31)32-6-2/h7,9-10,13-14,17-19,30H,5-6,8,11-12,15-16H2,1-4H3/b14-13-. The van der Waals surface area contributed by atoms with Crippen LogP contribution in [0, 0.1) is 0 Å². The number of allylic oxidation sites excluding steroid dienone is 1. The van der Waals surface area contributed by atoms with E-state index in [1.165, 1.54) is 12.1 Å². The average Bonchev–Trinajstić information content (AvgIpc) is 2.81. The van der Waals surface area contributed by atoms with E-state index < -0.39 is 0 Å². The zero-order valence-corrected chi connectivity index (χ0v) is 20.5. The maximum absolute atomic E-state index is 12.4. The van der Waals surface area contributed by atoms with Crippen molar-refractivity contribution in [2.45, 2.75) is 39.5 Å². The van der Waals surface area contributed by atoms with Crippen LogP contribution in [0.3, 0.4) is 0 Å². The minimum atomic E-state index is -0.259. The highest BCUT2D eigenvalue weighted by Crippen LogP contribution is 2.29. The van der Waals surface area contributed by atoms with Crippen LogP contribution in [0.4, 0.5) is 0 Å². The molecule has 0 aliphatic rings. The lowest BCUT2D eigenvalue weighted by molar-refractivity contribution is -0.143. The number of ether oxygens (including phenoxy) is 3. The van der Waals surface area contributed by atoms with Gasteiger partial charge in [-0.05, 0) is 49.1 Å². The Morgan fingerprint density at radius 3 is 2.53 bits per heavy atom. The maximum Gasteiger partial charge on any atom is 0.306 e. The van der Waals surface area contributed by atoms with Crippen molar-refractivity contribution in [2.75, 3.05) is 33.9 Å². The Bertz CT molecular complexity index is 983. The van der Waals surface area contributed by atoms with Crippen molar-refractivity contribution >= 4 is 11.8 Å². The number of nitrogens with zero attached hydrogens (tertiary/aromatic N) is 1. The second-order valence-corrected chi connectivity index (χ2v) is 7.98. The summed E-state index contributed by atoms with van der Waals surface area (Å²) in [5.74, 6) is 0.740. The van der Waals surface area contributed by atoms with Gasteiger partial charge < -0.3 is 24.2 Å². The zero-order chi connectivity index (χ0) is 24.9. The van der Waals surface area contributed by atoms with Gasteiger partial charge in [0.1, 0.15) is 17.2 Å². The lowest BCUT2D eigenvalue weighted by atomic mass is 10.0. The van der Waals surface area contributed by atoms with Crippen molar-refractivity contribution < 1.29 is 28.9 Å². The zero-order valence-electron chi connectivity index (χ0n) is 20.5. The number of esters is 1. The molecule has 0 unspecified atom stereocenters. The van der Waals surface area contributed by atoms with Gasteiger partial charge >= 0.3 is 5.97 Å². The molecule has 0 saturated heterocycles. The van der Waals surface area contributed by atoms with Crippen LogP contribution in [-0.2, 0) is 22.4 Å². The quantitative estimate of drug-likeness (QED) is 0.188. The summed E-state index contributed by atoms with van der Waals surface area (Å²) in [5, 5.41) is 10.3. The maximum atomic E-state index is 12.4. The van der Waals surface area contributed by atoms with E-state index in [0.29, 0.717) is 51.3 Å². The van der Waals surface area contributed by atoms with Gasteiger partial charge in [0, 0.05) is 45.3 Å². The number of benzene rings is 2. The van der Waals surface area contributed by atoms with Gasteiger partial charge in [-0.2, -0.15) is 0 Å². The predicted molar refractivity (Wildman–Crippen MR) is 132 cm³/mol. The molecular weight excluding hydrogens is 434 g/mol. The van der Waals surface area contributed by atoms with Crippen LogP contribution < -0.4 is 9.47 Å². The summed E-state index contributed by atoms with van der Waals surface area (Å²) in [5.41, 5.74) is 2.13. The molecule has 0 aliphatic heterocycles. The molecule has 2 aromatic carbocycles. The van der Waals surface area contributed by atoms with Crippen LogP contribution in [0.2, 0.25) is 0 Å². The molecule has 0 heterocycles. The minimum Gasteiger partial charge on any atom is -0.507 e. The fourth-order valence-electron chi connectivity index (χ4n) is 3.23. The summed E-state index contributed by atoms with van der Waals surface area (Å²) in [6, 6.07) is 10.9. The number of ketones is 1. The van der Waals surface area contributed by atoms with Gasteiger partial charge in [0.05, 0.1) is 25.4 Å². The van der Waals surface area contributed by atoms with Crippen molar-refractivity contribution in [3.8, 4) is 17.2 Å². The Hall–Kier alpha value is -3.48. The molecule has 0 fully saturated rings. The molecule has 0 radical (unpaired) electrons. The van der Waals surface area contributed by atoms with Crippen LogP contribution in [0.25, 0.3) is 0 Å². The summed E-state index contributed by atoms with van der Waals surface area (Å²) >= 11 is 0. The second-order valence-electron chi connectivity index (χ2n) is 7.98. The average molecular weight is 470 g/mol. The molecule has 2 rings (SSSR count). The topological polar surface area (TPSA) is 85.3 Å². The van der Waals surface area contributed by atoms with E-state index in [2.05, 4.69) is 0 Å². The molecule has 7 heteroatoms. The van der Waals surface area contributed by atoms with E-state index in [4.69, 9.17) is 14.2 Å². The van der Waals surface area contributed by atoms with Crippen LogP contribution in [-0.4, -0.2) is 55.7 Å². The summed E-state index contributed by atoms with van der Waals surface area (Å²) in [7, 11) is 3.65. The number of hydrogen-bond acceptors (Lipinski definition) is 7. The molecule has 0 bridgehead atoms. The lowest BCUT2D eigenvalue weighted by Crippen LogP contribution is -2.08. The van der Waals surface area contributed by atoms with Crippen LogP contribution in [0.5, 0.6) is 17.2 Å². The molecular formula is C27H35NO6. The normalized spacial score (nSPS) is 10.8. The summed E-state index contributed by atoms with van der Waals surface area (Å²) in [6.07, 6.45) is 5.33. The smallest absolute Gasteiger partial charge is 0.306 e. The van der Waals surface area contributed by atoms with Gasteiger partial charge in [0.25, 0.3) is 0 Å². The molecule has 184 valence electrons. The monoisotopic (exact) mass is 469 g/mol. The van der Waals surface area contributed by atoms with Gasteiger partial charge in [0.2, 0.25) is 0 Å². The SMILES string of the molecule is CCOC(=O)CCc1cccc(OCCCOc2cc(O)c(C(=O)/C=C\N(C)C)cc2CC)c1. The Morgan fingerprint density at radius 1 is 1.06 bits per heavy atom. The molecule has 7 nitrogen and oxygen atoms in total. The highest BCUT2D eigenvalue weighted by molar-refractivity contribution is 6.06. The number of hydrogen-bond donors (Lipinski definition) is 1. The summed E-state index contributed by atoms with van der Waals surface area (Å²) < 4.78 is 16.6. The Morgan fingerprint density at radius 2 is 1.82 bits per heavy atom. The van der Waals surface area contributed by atoms with Crippen LogP contribution >= 0.6 is 0 Å². The number of rotatable bonds is 14. The van der Waals surface area contributed by atoms with Gasteiger partial charge in [-0.15, -0.1) is 0 Å². The third-order valence-electron chi connectivity index (χ3n) is 4.99. The molecule has 0 spiro atoms. The summed E-state index contributed by atoms with van der Waals surface area (Å²) in [6.45, 7) is 5.02. The third-order valence-corrected chi connectivity index (χ3v) is 4.99. The number of aryl methyl sites for hydroxylation is 2. The third kappa shape index (κ3) is 8.81. The minimum absolute atomic E-state index is 0.100. The molecule has 0 amide bonds. The number of aromatic hydroxyl groups is 1. The predicted octanol–water partition coefficient (Wildman–Crippen LogP) is 4.56. The first-order valence-electron chi connectivity index (χ1n) is 11.6. The van der Waals surface area contributed by atoms with Gasteiger partial charge in [-0.1, -0.05) is 19.1 Å². The lowest BCUT2D eigenvalue weighted by Gasteiger charge is -2.14. The molecule has 34 heavy (non-hydrogen) atoms.